The van der Waals surface area contributed by atoms with Crippen molar-refractivity contribution >= 4 is 23.2 Å². The van der Waals surface area contributed by atoms with Gasteiger partial charge in [0.15, 0.2) is 6.61 Å². The van der Waals surface area contributed by atoms with Crippen molar-refractivity contribution < 1.29 is 14.3 Å². The molecule has 2 N–H and O–H groups in total. The minimum Gasteiger partial charge on any atom is -0.484 e. The quantitative estimate of drug-likeness (QED) is 0.823. The normalized spacial score (nSPS) is 9.96. The summed E-state index contributed by atoms with van der Waals surface area (Å²) in [4.78, 5) is 23.7. The topological polar surface area (TPSA) is 67.4 Å². The number of benzene rings is 2. The first-order valence-electron chi connectivity index (χ1n) is 7.55. The van der Waals surface area contributed by atoms with Gasteiger partial charge in [-0.25, -0.2) is 0 Å². The Bertz CT molecular complexity index is 656. The minimum atomic E-state index is -0.286. The number of anilines is 2. The van der Waals surface area contributed by atoms with E-state index in [1.807, 2.05) is 25.1 Å². The molecule has 0 aliphatic carbocycles. The predicted octanol–water partition coefficient (Wildman–Crippen LogP) is 3.44. The van der Waals surface area contributed by atoms with E-state index in [1.165, 1.54) is 0 Å². The van der Waals surface area contributed by atoms with Gasteiger partial charge < -0.3 is 15.4 Å². The average molecular weight is 312 g/mol. The summed E-state index contributed by atoms with van der Waals surface area (Å²) >= 11 is 0. The third-order valence-electron chi connectivity index (χ3n) is 3.07. The lowest BCUT2D eigenvalue weighted by atomic mass is 10.2. The van der Waals surface area contributed by atoms with Gasteiger partial charge >= 0.3 is 0 Å². The van der Waals surface area contributed by atoms with Crippen molar-refractivity contribution in [2.45, 2.75) is 19.8 Å². The second-order valence-corrected chi connectivity index (χ2v) is 4.99. The Morgan fingerprint density at radius 2 is 1.43 bits per heavy atom. The SMILES string of the molecule is CCCC(=O)Nc1ccccc1NC(=O)COc1ccccc1. The Kier molecular flexibility index (Phi) is 6.17. The Morgan fingerprint density at radius 3 is 2.04 bits per heavy atom. The van der Waals surface area contributed by atoms with Crippen molar-refractivity contribution in [3.8, 4) is 5.75 Å². The third-order valence-corrected chi connectivity index (χ3v) is 3.07. The zero-order chi connectivity index (χ0) is 16.5. The van der Waals surface area contributed by atoms with Gasteiger partial charge in [-0.15, -0.1) is 0 Å². The van der Waals surface area contributed by atoms with Crippen molar-refractivity contribution in [1.82, 2.24) is 0 Å². The van der Waals surface area contributed by atoms with Gasteiger partial charge in [-0.2, -0.15) is 0 Å². The number of amides is 2. The molecule has 2 aromatic carbocycles. The molecule has 0 spiro atoms. The maximum Gasteiger partial charge on any atom is 0.262 e. The molecule has 0 saturated carbocycles. The van der Waals surface area contributed by atoms with Crippen molar-refractivity contribution in [2.24, 2.45) is 0 Å². The number of hydrogen-bond acceptors (Lipinski definition) is 3. The first-order chi connectivity index (χ1) is 11.2. The van der Waals surface area contributed by atoms with E-state index in [4.69, 9.17) is 4.74 Å². The lowest BCUT2D eigenvalue weighted by Crippen LogP contribution is -2.21. The van der Waals surface area contributed by atoms with Crippen LogP contribution in [0.5, 0.6) is 5.75 Å². The average Bonchev–Trinajstić information content (AvgIpc) is 2.56. The number of rotatable bonds is 7. The van der Waals surface area contributed by atoms with E-state index in [-0.39, 0.29) is 18.4 Å². The van der Waals surface area contributed by atoms with E-state index in [1.54, 1.807) is 36.4 Å². The number of para-hydroxylation sites is 3. The van der Waals surface area contributed by atoms with Crippen molar-refractivity contribution in [3.63, 3.8) is 0 Å². The van der Waals surface area contributed by atoms with Crippen LogP contribution in [0.15, 0.2) is 54.6 Å². The number of carbonyl (C=O) groups excluding carboxylic acids is 2. The zero-order valence-corrected chi connectivity index (χ0v) is 13.0. The summed E-state index contributed by atoms with van der Waals surface area (Å²) in [6.45, 7) is 1.84. The highest BCUT2D eigenvalue weighted by Gasteiger charge is 2.09. The highest BCUT2D eigenvalue weighted by Crippen LogP contribution is 2.21. The molecule has 0 aromatic heterocycles. The molecule has 0 bridgehead atoms. The van der Waals surface area contributed by atoms with Crippen LogP contribution in [0.3, 0.4) is 0 Å². The highest BCUT2D eigenvalue weighted by molar-refractivity contribution is 5.99. The van der Waals surface area contributed by atoms with Crippen molar-refractivity contribution in [3.05, 3.63) is 54.6 Å². The smallest absolute Gasteiger partial charge is 0.262 e. The van der Waals surface area contributed by atoms with E-state index in [2.05, 4.69) is 10.6 Å². The fourth-order valence-electron chi connectivity index (χ4n) is 1.99. The molecule has 0 aliphatic heterocycles. The van der Waals surface area contributed by atoms with E-state index in [0.717, 1.165) is 6.42 Å². The van der Waals surface area contributed by atoms with Gasteiger partial charge in [0.2, 0.25) is 5.91 Å². The summed E-state index contributed by atoms with van der Waals surface area (Å²) in [6, 6.07) is 16.2. The Morgan fingerprint density at radius 1 is 0.870 bits per heavy atom. The second-order valence-electron chi connectivity index (χ2n) is 4.99. The standard InChI is InChI=1S/C18H20N2O3/c1-2-8-17(21)19-15-11-6-7-12-16(15)20-18(22)13-23-14-9-4-3-5-10-14/h3-7,9-12H,2,8,13H2,1H3,(H,19,21)(H,20,22). The summed E-state index contributed by atoms with van der Waals surface area (Å²) in [5.74, 6) is 0.271. The van der Waals surface area contributed by atoms with Crippen molar-refractivity contribution in [1.29, 1.82) is 0 Å². The molecule has 5 nitrogen and oxygen atoms in total. The van der Waals surface area contributed by atoms with Gasteiger partial charge in [-0.05, 0) is 30.7 Å². The van der Waals surface area contributed by atoms with Crippen LogP contribution in [0.1, 0.15) is 19.8 Å². The molecule has 0 heterocycles. The second kappa shape index (κ2) is 8.58. The number of carbonyl (C=O) groups is 2. The fraction of sp³-hybridized carbons (Fsp3) is 0.222. The largest absolute Gasteiger partial charge is 0.484 e. The minimum absolute atomic E-state index is 0.0743. The van der Waals surface area contributed by atoms with Crippen LogP contribution in [0.25, 0.3) is 0 Å². The molecule has 0 aliphatic rings. The van der Waals surface area contributed by atoms with Gasteiger partial charge in [-0.1, -0.05) is 37.3 Å². The molecule has 2 rings (SSSR count). The van der Waals surface area contributed by atoms with Gasteiger partial charge in [-0.3, -0.25) is 9.59 Å². The molecule has 0 radical (unpaired) electrons. The molecule has 5 heteroatoms. The molecule has 2 aromatic rings. The maximum atomic E-state index is 12.0. The highest BCUT2D eigenvalue weighted by atomic mass is 16.5. The molecule has 0 atom stereocenters. The van der Waals surface area contributed by atoms with Crippen LogP contribution in [0, 0.1) is 0 Å². The molecule has 2 amide bonds. The van der Waals surface area contributed by atoms with Crippen LogP contribution in [-0.2, 0) is 9.59 Å². The zero-order valence-electron chi connectivity index (χ0n) is 13.0. The molecule has 0 fully saturated rings. The van der Waals surface area contributed by atoms with E-state index in [9.17, 15) is 9.59 Å². The molecule has 0 saturated heterocycles. The van der Waals surface area contributed by atoms with E-state index >= 15 is 0 Å². The Balaban J connectivity index is 1.94. The van der Waals surface area contributed by atoms with Gasteiger partial charge in [0, 0.05) is 6.42 Å². The van der Waals surface area contributed by atoms with Crippen LogP contribution in [-0.4, -0.2) is 18.4 Å². The van der Waals surface area contributed by atoms with Crippen molar-refractivity contribution in [2.75, 3.05) is 17.2 Å². The molecular formula is C18H20N2O3. The van der Waals surface area contributed by atoms with Crippen LogP contribution < -0.4 is 15.4 Å². The number of nitrogens with one attached hydrogen (secondary N) is 2. The van der Waals surface area contributed by atoms with Gasteiger partial charge in [0.05, 0.1) is 11.4 Å². The number of ether oxygens (including phenoxy) is 1. The molecule has 0 unspecified atom stereocenters. The summed E-state index contributed by atoms with van der Waals surface area (Å²) < 4.78 is 5.40. The summed E-state index contributed by atoms with van der Waals surface area (Å²) in [7, 11) is 0. The Hall–Kier alpha value is -2.82. The van der Waals surface area contributed by atoms with Crippen LogP contribution in [0.4, 0.5) is 11.4 Å². The molecular weight excluding hydrogens is 292 g/mol. The summed E-state index contributed by atoms with van der Waals surface area (Å²) in [5, 5.41) is 5.55. The lowest BCUT2D eigenvalue weighted by Gasteiger charge is -2.12. The number of hydrogen-bond donors (Lipinski definition) is 2. The maximum absolute atomic E-state index is 12.0. The fourth-order valence-corrected chi connectivity index (χ4v) is 1.99. The van der Waals surface area contributed by atoms with E-state index in [0.29, 0.717) is 23.5 Å². The summed E-state index contributed by atoms with van der Waals surface area (Å²) in [6.07, 6.45) is 1.21. The lowest BCUT2D eigenvalue weighted by molar-refractivity contribution is -0.118. The predicted molar refractivity (Wildman–Crippen MR) is 90.5 cm³/mol. The van der Waals surface area contributed by atoms with Gasteiger partial charge in [0.1, 0.15) is 5.75 Å². The first kappa shape index (κ1) is 16.5. The monoisotopic (exact) mass is 312 g/mol. The molecule has 23 heavy (non-hydrogen) atoms. The van der Waals surface area contributed by atoms with E-state index < -0.39 is 0 Å². The van der Waals surface area contributed by atoms with Crippen LogP contribution >= 0.6 is 0 Å². The third kappa shape index (κ3) is 5.47. The van der Waals surface area contributed by atoms with Gasteiger partial charge in [0.25, 0.3) is 5.91 Å². The summed E-state index contributed by atoms with van der Waals surface area (Å²) in [5.41, 5.74) is 1.14. The molecule has 120 valence electrons. The Labute approximate surface area is 135 Å². The first-order valence-corrected chi connectivity index (χ1v) is 7.55. The van der Waals surface area contributed by atoms with Crippen LogP contribution in [0.2, 0.25) is 0 Å².